The van der Waals surface area contributed by atoms with Crippen molar-refractivity contribution < 1.29 is 14.3 Å². The standard InChI is InChI=1S/C28H42N2O3/c1-5-33-25(32)30-29-21-11-14-26(3)19(16-21)9-10-22-23(26)12-15-27(4)24(22)17-20-8-6-7-13-28(20,27)18(2)31/h16,20,22-24H,5-15,17H2,1-4H3,(H,30,32)/b29-21+/t20-,22+,23-,24+,26+,27+,28+/m1/s1. The molecule has 0 aromatic rings. The molecule has 5 heteroatoms. The summed E-state index contributed by atoms with van der Waals surface area (Å²) in [5, 5.41) is 4.35. The van der Waals surface area contributed by atoms with Gasteiger partial charge in [-0.15, -0.1) is 0 Å². The summed E-state index contributed by atoms with van der Waals surface area (Å²) in [7, 11) is 0. The number of nitrogens with one attached hydrogen (secondary N) is 1. The maximum absolute atomic E-state index is 13.2. The van der Waals surface area contributed by atoms with Crippen molar-refractivity contribution in [3.8, 4) is 0 Å². The van der Waals surface area contributed by atoms with Gasteiger partial charge in [0.1, 0.15) is 5.78 Å². The summed E-state index contributed by atoms with van der Waals surface area (Å²) in [6.07, 6.45) is 14.8. The lowest BCUT2D eigenvalue weighted by atomic mass is 9.44. The number of hydrogen-bond acceptors (Lipinski definition) is 4. The number of ether oxygens (including phenoxy) is 1. The van der Waals surface area contributed by atoms with E-state index in [0.29, 0.717) is 30.1 Å². The predicted molar refractivity (Wildman–Crippen MR) is 130 cm³/mol. The molecule has 182 valence electrons. The Hall–Kier alpha value is -1.65. The zero-order chi connectivity index (χ0) is 23.4. The monoisotopic (exact) mass is 454 g/mol. The van der Waals surface area contributed by atoms with Gasteiger partial charge in [-0.25, -0.2) is 10.2 Å². The second-order valence-corrected chi connectivity index (χ2v) is 12.1. The van der Waals surface area contributed by atoms with Crippen LogP contribution < -0.4 is 5.43 Å². The fourth-order valence-electron chi connectivity index (χ4n) is 9.74. The van der Waals surface area contributed by atoms with Gasteiger partial charge in [0.2, 0.25) is 0 Å². The van der Waals surface area contributed by atoms with Crippen LogP contribution >= 0.6 is 0 Å². The Bertz CT molecular complexity index is 894. The molecule has 1 amide bonds. The number of fused-ring (bicyclic) bond motifs is 7. The van der Waals surface area contributed by atoms with E-state index in [-0.39, 0.29) is 16.2 Å². The molecule has 1 N–H and O–H groups in total. The first-order valence-corrected chi connectivity index (χ1v) is 13.5. The molecule has 0 radical (unpaired) electrons. The molecule has 5 aliphatic rings. The number of ketones is 1. The van der Waals surface area contributed by atoms with Crippen LogP contribution in [0, 0.1) is 39.9 Å². The summed E-state index contributed by atoms with van der Waals surface area (Å²) in [4.78, 5) is 24.9. The minimum absolute atomic E-state index is 0.0525. The zero-order valence-corrected chi connectivity index (χ0v) is 21.0. The highest BCUT2D eigenvalue weighted by atomic mass is 16.5. The molecule has 0 aliphatic heterocycles. The highest BCUT2D eigenvalue weighted by Crippen LogP contribution is 2.74. The van der Waals surface area contributed by atoms with E-state index < -0.39 is 6.09 Å². The number of hydrazone groups is 1. The lowest BCUT2D eigenvalue weighted by molar-refractivity contribution is -0.147. The first kappa shape index (κ1) is 23.1. The molecule has 5 nitrogen and oxygen atoms in total. The van der Waals surface area contributed by atoms with Crippen molar-refractivity contribution in [1.82, 2.24) is 5.43 Å². The highest BCUT2D eigenvalue weighted by Gasteiger charge is 2.69. The Morgan fingerprint density at radius 1 is 1.09 bits per heavy atom. The fraction of sp³-hybridized carbons (Fsp3) is 0.821. The minimum Gasteiger partial charge on any atom is -0.449 e. The molecule has 0 bridgehead atoms. The molecule has 0 aromatic heterocycles. The summed E-state index contributed by atoms with van der Waals surface area (Å²) in [6, 6.07) is 0. The lowest BCUT2D eigenvalue weighted by Gasteiger charge is -2.60. The number of Topliss-reactive ketones (excluding diaryl/α,β-unsaturated/α-hetero) is 1. The average Bonchev–Trinajstić information content (AvgIpc) is 3.08. The average molecular weight is 455 g/mol. The van der Waals surface area contributed by atoms with E-state index in [9.17, 15) is 9.59 Å². The SMILES string of the molecule is CCOC(=O)N/N=C1/C=C2CC[C@H]3[C@@H](CC[C@@]4(C)[C@H]3C[C@H]3CCCC[C@]34C(C)=O)[C@@]2(C)CC1. The van der Waals surface area contributed by atoms with Crippen LogP contribution in [0.1, 0.15) is 98.3 Å². The number of carbonyl (C=O) groups is 2. The van der Waals surface area contributed by atoms with E-state index in [1.807, 2.05) is 6.92 Å². The number of nitrogens with zero attached hydrogens (tertiary/aromatic N) is 1. The van der Waals surface area contributed by atoms with Crippen molar-refractivity contribution in [2.24, 2.45) is 45.0 Å². The third-order valence-corrected chi connectivity index (χ3v) is 11.2. The normalized spacial score (nSPS) is 45.2. The van der Waals surface area contributed by atoms with Crippen LogP contribution in [0.15, 0.2) is 16.8 Å². The van der Waals surface area contributed by atoms with Crippen molar-refractivity contribution in [3.05, 3.63) is 11.6 Å². The quantitative estimate of drug-likeness (QED) is 0.500. The molecule has 0 heterocycles. The Kier molecular flexibility index (Phi) is 5.77. The number of hydrogen-bond donors (Lipinski definition) is 1. The van der Waals surface area contributed by atoms with Crippen molar-refractivity contribution in [2.45, 2.75) is 98.3 Å². The molecule has 5 aliphatic carbocycles. The van der Waals surface area contributed by atoms with E-state index in [1.54, 1.807) is 6.92 Å². The maximum Gasteiger partial charge on any atom is 0.427 e. The van der Waals surface area contributed by atoms with Crippen molar-refractivity contribution in [1.29, 1.82) is 0 Å². The molecule has 0 unspecified atom stereocenters. The molecule has 4 saturated carbocycles. The van der Waals surface area contributed by atoms with Gasteiger partial charge < -0.3 is 4.74 Å². The second kappa shape index (κ2) is 8.23. The third-order valence-electron chi connectivity index (χ3n) is 11.2. The summed E-state index contributed by atoms with van der Waals surface area (Å²) in [5.41, 5.74) is 5.41. The minimum atomic E-state index is -0.478. The molecule has 5 rings (SSSR count). The van der Waals surface area contributed by atoms with Gasteiger partial charge in [-0.3, -0.25) is 4.79 Å². The summed E-state index contributed by atoms with van der Waals surface area (Å²) in [5.74, 6) is 3.25. The summed E-state index contributed by atoms with van der Waals surface area (Å²) < 4.78 is 4.94. The van der Waals surface area contributed by atoms with Crippen LogP contribution in [0.4, 0.5) is 4.79 Å². The Morgan fingerprint density at radius 2 is 1.91 bits per heavy atom. The van der Waals surface area contributed by atoms with Crippen LogP contribution in [-0.2, 0) is 9.53 Å². The van der Waals surface area contributed by atoms with Crippen molar-refractivity contribution >= 4 is 17.6 Å². The zero-order valence-electron chi connectivity index (χ0n) is 21.0. The van der Waals surface area contributed by atoms with Gasteiger partial charge in [0.05, 0.1) is 12.3 Å². The van der Waals surface area contributed by atoms with Crippen LogP contribution in [0.2, 0.25) is 0 Å². The smallest absolute Gasteiger partial charge is 0.427 e. The van der Waals surface area contributed by atoms with E-state index in [0.717, 1.165) is 37.3 Å². The van der Waals surface area contributed by atoms with Gasteiger partial charge in [0.25, 0.3) is 0 Å². The van der Waals surface area contributed by atoms with Gasteiger partial charge in [-0.05, 0) is 112 Å². The van der Waals surface area contributed by atoms with Crippen LogP contribution in [-0.4, -0.2) is 24.2 Å². The van der Waals surface area contributed by atoms with E-state index in [2.05, 4.69) is 30.5 Å². The van der Waals surface area contributed by atoms with Crippen molar-refractivity contribution in [2.75, 3.05) is 6.61 Å². The van der Waals surface area contributed by atoms with Gasteiger partial charge in [0, 0.05) is 5.41 Å². The molecular weight excluding hydrogens is 412 g/mol. The maximum atomic E-state index is 13.2. The van der Waals surface area contributed by atoms with Gasteiger partial charge in [0.15, 0.2) is 0 Å². The van der Waals surface area contributed by atoms with Crippen LogP contribution in [0.3, 0.4) is 0 Å². The number of allylic oxidation sites excluding steroid dienone is 2. The number of rotatable bonds is 3. The fourth-order valence-corrected chi connectivity index (χ4v) is 9.74. The topological polar surface area (TPSA) is 67.8 Å². The van der Waals surface area contributed by atoms with Crippen molar-refractivity contribution in [3.63, 3.8) is 0 Å². The van der Waals surface area contributed by atoms with Crippen LogP contribution in [0.5, 0.6) is 0 Å². The second-order valence-electron chi connectivity index (χ2n) is 12.1. The highest BCUT2D eigenvalue weighted by molar-refractivity contribution is 5.97. The summed E-state index contributed by atoms with van der Waals surface area (Å²) in [6.45, 7) is 9.07. The molecule has 0 spiro atoms. The largest absolute Gasteiger partial charge is 0.449 e. The molecule has 33 heavy (non-hydrogen) atoms. The molecule has 4 fully saturated rings. The molecule has 7 atom stereocenters. The van der Waals surface area contributed by atoms with E-state index >= 15 is 0 Å². The van der Waals surface area contributed by atoms with Crippen LogP contribution in [0.25, 0.3) is 0 Å². The molecule has 0 saturated heterocycles. The first-order valence-electron chi connectivity index (χ1n) is 13.5. The molecule has 0 aromatic carbocycles. The Balaban J connectivity index is 1.40. The number of carbonyl (C=O) groups excluding carboxylic acids is 2. The number of amides is 1. The van der Waals surface area contributed by atoms with Gasteiger partial charge in [-0.1, -0.05) is 32.3 Å². The first-order chi connectivity index (χ1) is 15.8. The predicted octanol–water partition coefficient (Wildman–Crippen LogP) is 6.43. The van der Waals surface area contributed by atoms with E-state index in [1.165, 1.54) is 50.5 Å². The molecular formula is C28H42N2O3. The Morgan fingerprint density at radius 3 is 2.67 bits per heavy atom. The lowest BCUT2D eigenvalue weighted by Crippen LogP contribution is -2.55. The Labute approximate surface area is 199 Å². The summed E-state index contributed by atoms with van der Waals surface area (Å²) >= 11 is 0. The van der Waals surface area contributed by atoms with E-state index in [4.69, 9.17) is 4.74 Å². The third kappa shape index (κ3) is 3.27. The van der Waals surface area contributed by atoms with Gasteiger partial charge in [-0.2, -0.15) is 5.10 Å². The van der Waals surface area contributed by atoms with Gasteiger partial charge >= 0.3 is 6.09 Å².